The van der Waals surface area contributed by atoms with Crippen molar-refractivity contribution in [3.05, 3.63) is 36.2 Å². The molecule has 0 atom stereocenters. The Labute approximate surface area is 208 Å². The molecule has 0 aliphatic rings. The third-order valence-electron chi connectivity index (χ3n) is 5.45. The number of anilines is 1. The van der Waals surface area contributed by atoms with Gasteiger partial charge in [-0.05, 0) is 36.6 Å². The number of rotatable bonds is 15. The van der Waals surface area contributed by atoms with Crippen molar-refractivity contribution in [1.29, 1.82) is 0 Å². The molecule has 194 valence electrons. The number of Topliss-reactive ketones (excluding diaryl/α,β-unsaturated/α-hetero) is 1. The minimum absolute atomic E-state index is 0.0615. The van der Waals surface area contributed by atoms with Gasteiger partial charge in [-0.25, -0.2) is 8.42 Å². The number of benzene rings is 1. The van der Waals surface area contributed by atoms with E-state index in [9.17, 15) is 18.0 Å². The first-order valence-electron chi connectivity index (χ1n) is 11.9. The van der Waals surface area contributed by atoms with Crippen molar-refractivity contribution in [1.82, 2.24) is 20.3 Å². The maximum absolute atomic E-state index is 12.5. The van der Waals surface area contributed by atoms with Crippen LogP contribution in [0.5, 0.6) is 5.75 Å². The highest BCUT2D eigenvalue weighted by Gasteiger charge is 2.19. The van der Waals surface area contributed by atoms with Crippen LogP contribution in [-0.2, 0) is 32.8 Å². The molecule has 0 bridgehead atoms. The van der Waals surface area contributed by atoms with Crippen LogP contribution in [0.4, 0.5) is 5.69 Å². The molecule has 2 aromatic rings. The van der Waals surface area contributed by atoms with Crippen LogP contribution in [0, 0.1) is 11.8 Å². The molecule has 0 fully saturated rings. The lowest BCUT2D eigenvalue weighted by molar-refractivity contribution is -0.126. The van der Waals surface area contributed by atoms with Gasteiger partial charge in [0.15, 0.2) is 0 Å². The number of hydrogen-bond donors (Lipinski definition) is 1. The molecule has 1 aromatic heterocycles. The average molecular weight is 508 g/mol. The Morgan fingerprint density at radius 2 is 1.80 bits per heavy atom. The maximum Gasteiger partial charge on any atom is 0.234 e. The largest absolute Gasteiger partial charge is 0.487 e. The second-order valence-electron chi connectivity index (χ2n) is 9.19. The molecule has 0 saturated heterocycles. The first-order valence-corrected chi connectivity index (χ1v) is 13.5. The third kappa shape index (κ3) is 9.67. The van der Waals surface area contributed by atoms with E-state index in [1.807, 2.05) is 27.7 Å². The molecule has 0 aliphatic carbocycles. The van der Waals surface area contributed by atoms with Crippen LogP contribution in [0.25, 0.3) is 0 Å². The molecule has 1 amide bonds. The van der Waals surface area contributed by atoms with Crippen LogP contribution >= 0.6 is 0 Å². The van der Waals surface area contributed by atoms with Crippen LogP contribution < -0.4 is 14.4 Å². The Morgan fingerprint density at radius 1 is 1.11 bits per heavy atom. The van der Waals surface area contributed by atoms with Crippen molar-refractivity contribution < 1.29 is 22.7 Å². The van der Waals surface area contributed by atoms with Crippen molar-refractivity contribution in [3.63, 3.8) is 0 Å². The van der Waals surface area contributed by atoms with E-state index in [4.69, 9.17) is 4.74 Å². The van der Waals surface area contributed by atoms with E-state index in [2.05, 4.69) is 15.6 Å². The highest BCUT2D eigenvalue weighted by Crippen LogP contribution is 2.22. The summed E-state index contributed by atoms with van der Waals surface area (Å²) in [6.45, 7) is 8.67. The second kappa shape index (κ2) is 13.2. The molecule has 0 saturated carbocycles. The normalized spacial score (nSPS) is 11.6. The van der Waals surface area contributed by atoms with Gasteiger partial charge in [0.25, 0.3) is 0 Å². The van der Waals surface area contributed by atoms with E-state index in [1.165, 1.54) is 4.31 Å². The number of nitrogens with zero attached hydrogens (tertiary/aromatic N) is 4. The van der Waals surface area contributed by atoms with Crippen molar-refractivity contribution in [3.8, 4) is 5.75 Å². The summed E-state index contributed by atoms with van der Waals surface area (Å²) in [7, 11) is -1.81. The number of nitrogens with one attached hydrogen (secondary N) is 1. The minimum atomic E-state index is -3.37. The van der Waals surface area contributed by atoms with E-state index in [1.54, 1.807) is 42.2 Å². The van der Waals surface area contributed by atoms with E-state index >= 15 is 0 Å². The molecule has 1 heterocycles. The fraction of sp³-hybridized carbons (Fsp3) is 0.583. The Kier molecular flexibility index (Phi) is 10.7. The first kappa shape index (κ1) is 28.3. The quantitative estimate of drug-likeness (QED) is 0.393. The van der Waals surface area contributed by atoms with Gasteiger partial charge < -0.3 is 10.1 Å². The Balaban J connectivity index is 1.77. The lowest BCUT2D eigenvalue weighted by Gasteiger charge is -2.20. The molecule has 0 radical (unpaired) electrons. The number of carbonyl (C=O) groups excluding carboxylic acids is 2. The van der Waals surface area contributed by atoms with Crippen molar-refractivity contribution >= 4 is 27.4 Å². The molecule has 1 aromatic carbocycles. The number of carbonyl (C=O) groups is 2. The van der Waals surface area contributed by atoms with Crippen molar-refractivity contribution in [2.45, 2.75) is 60.1 Å². The van der Waals surface area contributed by atoms with E-state index in [0.29, 0.717) is 42.6 Å². The number of hydrogen-bond acceptors (Lipinski definition) is 7. The predicted octanol–water partition coefficient (Wildman–Crippen LogP) is 2.79. The SMILES string of the molecule is CC(C)CCS(=O)(=O)N(C)c1ccc(OCc2cn(CCNC(=O)CCC(=O)C(C)C)nn2)cc1. The fourth-order valence-corrected chi connectivity index (χ4v) is 4.52. The summed E-state index contributed by atoms with van der Waals surface area (Å²) in [6, 6.07) is 6.84. The van der Waals surface area contributed by atoms with E-state index in [0.717, 1.165) is 0 Å². The molecule has 1 N–H and O–H groups in total. The summed E-state index contributed by atoms with van der Waals surface area (Å²) in [5, 5.41) is 10.9. The molecular formula is C24H37N5O5S. The number of ketones is 1. The van der Waals surface area contributed by atoms with Crippen LogP contribution in [0.1, 0.15) is 52.7 Å². The van der Waals surface area contributed by atoms with Gasteiger partial charge in [-0.2, -0.15) is 0 Å². The summed E-state index contributed by atoms with van der Waals surface area (Å²) in [5.74, 6) is 0.862. The molecule has 11 heteroatoms. The number of ether oxygens (including phenoxy) is 1. The van der Waals surface area contributed by atoms with Gasteiger partial charge >= 0.3 is 0 Å². The summed E-state index contributed by atoms with van der Waals surface area (Å²) in [5.41, 5.74) is 1.19. The van der Waals surface area contributed by atoms with Gasteiger partial charge in [0, 0.05) is 32.4 Å². The average Bonchev–Trinajstić information content (AvgIpc) is 3.27. The molecule has 0 spiro atoms. The van der Waals surface area contributed by atoms with Gasteiger partial charge in [-0.15, -0.1) is 5.10 Å². The monoisotopic (exact) mass is 507 g/mol. The summed E-state index contributed by atoms with van der Waals surface area (Å²) in [6.07, 6.45) is 2.78. The molecule has 0 unspecified atom stereocenters. The highest BCUT2D eigenvalue weighted by atomic mass is 32.2. The molecule has 10 nitrogen and oxygen atoms in total. The standard InChI is InChI=1S/C24H37N5O5S/c1-18(2)12-15-35(32,33)28(5)21-6-8-22(9-7-21)34-17-20-16-29(27-26-20)14-13-25-24(31)11-10-23(30)19(3)4/h6-9,16,18-19H,10-15,17H2,1-5H3,(H,25,31). The summed E-state index contributed by atoms with van der Waals surface area (Å²) < 4.78 is 33.6. The van der Waals surface area contributed by atoms with Gasteiger partial charge in [0.2, 0.25) is 15.9 Å². The Morgan fingerprint density at radius 3 is 2.43 bits per heavy atom. The van der Waals surface area contributed by atoms with E-state index in [-0.39, 0.29) is 42.8 Å². The van der Waals surface area contributed by atoms with Gasteiger partial charge in [0.05, 0.1) is 24.2 Å². The third-order valence-corrected chi connectivity index (χ3v) is 7.25. The topological polar surface area (TPSA) is 123 Å². The molecule has 35 heavy (non-hydrogen) atoms. The smallest absolute Gasteiger partial charge is 0.234 e. The van der Waals surface area contributed by atoms with Crippen LogP contribution in [-0.4, -0.2) is 54.4 Å². The maximum atomic E-state index is 12.5. The number of sulfonamides is 1. The zero-order valence-corrected chi connectivity index (χ0v) is 22.0. The molecular weight excluding hydrogens is 470 g/mol. The lowest BCUT2D eigenvalue weighted by atomic mass is 10.0. The molecule has 0 aliphatic heterocycles. The van der Waals surface area contributed by atoms with Crippen LogP contribution in [0.2, 0.25) is 0 Å². The van der Waals surface area contributed by atoms with Crippen LogP contribution in [0.15, 0.2) is 30.5 Å². The first-order chi connectivity index (χ1) is 16.5. The number of amides is 1. The number of aromatic nitrogens is 3. The van der Waals surface area contributed by atoms with Crippen LogP contribution in [0.3, 0.4) is 0 Å². The Hall–Kier alpha value is -2.95. The lowest BCUT2D eigenvalue weighted by Crippen LogP contribution is -2.29. The minimum Gasteiger partial charge on any atom is -0.487 e. The fourth-order valence-electron chi connectivity index (χ4n) is 3.03. The molecule has 2 rings (SSSR count). The van der Waals surface area contributed by atoms with E-state index < -0.39 is 10.0 Å². The van der Waals surface area contributed by atoms with Gasteiger partial charge in [0.1, 0.15) is 23.8 Å². The zero-order valence-electron chi connectivity index (χ0n) is 21.2. The van der Waals surface area contributed by atoms with Crippen molar-refractivity contribution in [2.24, 2.45) is 11.8 Å². The zero-order chi connectivity index (χ0) is 26.0. The highest BCUT2D eigenvalue weighted by molar-refractivity contribution is 7.92. The van der Waals surface area contributed by atoms with Gasteiger partial charge in [-0.3, -0.25) is 18.6 Å². The van der Waals surface area contributed by atoms with Crippen molar-refractivity contribution in [2.75, 3.05) is 23.7 Å². The second-order valence-corrected chi connectivity index (χ2v) is 11.3. The summed E-state index contributed by atoms with van der Waals surface area (Å²) in [4.78, 5) is 23.4. The summed E-state index contributed by atoms with van der Waals surface area (Å²) >= 11 is 0. The Bertz CT molecular complexity index is 1060. The predicted molar refractivity (Wildman–Crippen MR) is 135 cm³/mol. The van der Waals surface area contributed by atoms with Gasteiger partial charge in [-0.1, -0.05) is 32.9 Å².